The molecule has 4 N–H and O–H groups in total. The van der Waals surface area contributed by atoms with Gasteiger partial charge in [-0.25, -0.2) is 0 Å². The van der Waals surface area contributed by atoms with Crippen molar-refractivity contribution in [2.75, 3.05) is 23.0 Å². The van der Waals surface area contributed by atoms with E-state index in [-0.39, 0.29) is 36.3 Å². The zero-order chi connectivity index (χ0) is 37.5. The van der Waals surface area contributed by atoms with Crippen LogP contribution in [0.1, 0.15) is 75.8 Å². The highest BCUT2D eigenvalue weighted by Crippen LogP contribution is 2.52. The van der Waals surface area contributed by atoms with E-state index >= 15 is 0 Å². The topological polar surface area (TPSA) is 204 Å². The van der Waals surface area contributed by atoms with Crippen molar-refractivity contribution in [2.45, 2.75) is 79.9 Å². The van der Waals surface area contributed by atoms with Crippen molar-refractivity contribution in [3.8, 4) is 0 Å². The highest BCUT2D eigenvalue weighted by atomic mass is 32.2. The van der Waals surface area contributed by atoms with E-state index in [2.05, 4.69) is 0 Å². The van der Waals surface area contributed by atoms with E-state index in [4.69, 9.17) is 5.11 Å². The summed E-state index contributed by atoms with van der Waals surface area (Å²) in [5.74, 6) is -1.68. The van der Waals surface area contributed by atoms with Gasteiger partial charge >= 0.3 is 5.97 Å². The van der Waals surface area contributed by atoms with Crippen LogP contribution in [-0.2, 0) is 40.6 Å². The third-order valence-corrected chi connectivity index (χ3v) is 12.5. The van der Waals surface area contributed by atoms with Gasteiger partial charge in [0.15, 0.2) is 0 Å². The molecule has 0 radical (unpaired) electrons. The van der Waals surface area contributed by atoms with Gasteiger partial charge in [0.1, 0.15) is 0 Å². The van der Waals surface area contributed by atoms with Crippen LogP contribution in [0.15, 0.2) is 93.2 Å². The molecular weight excluding hydrogens is 739 g/mol. The van der Waals surface area contributed by atoms with E-state index in [0.717, 1.165) is 38.7 Å². The number of carbonyl (C=O) groups is 1. The van der Waals surface area contributed by atoms with Crippen LogP contribution in [0.4, 0.5) is 5.69 Å². The molecule has 12 nitrogen and oxygen atoms in total. The number of allylic oxidation sites excluding steroid dienone is 7. The second kappa shape index (κ2) is 17.1. The minimum atomic E-state index is -4.53. The summed E-state index contributed by atoms with van der Waals surface area (Å²) in [5.41, 5.74) is 3.19. The molecule has 0 bridgehead atoms. The minimum absolute atomic E-state index is 0.0685. The molecule has 51 heavy (non-hydrogen) atoms. The van der Waals surface area contributed by atoms with Gasteiger partial charge in [0.05, 0.1) is 27.1 Å². The Morgan fingerprint density at radius 1 is 0.843 bits per heavy atom. The predicted octanol–water partition coefficient (Wildman–Crippen LogP) is 6.90. The van der Waals surface area contributed by atoms with Gasteiger partial charge in [0.25, 0.3) is 30.4 Å². The number of fused-ring (bicyclic) bond motifs is 2. The van der Waals surface area contributed by atoms with Crippen molar-refractivity contribution in [3.05, 3.63) is 94.6 Å². The first kappa shape index (κ1) is 40.5. The maximum atomic E-state index is 12.2. The first-order valence-corrected chi connectivity index (χ1v) is 21.9. The van der Waals surface area contributed by atoms with E-state index in [1.54, 1.807) is 6.07 Å². The Labute approximate surface area is 304 Å². The van der Waals surface area contributed by atoms with Gasteiger partial charge in [-0.05, 0) is 84.7 Å². The van der Waals surface area contributed by atoms with Gasteiger partial charge in [-0.3, -0.25) is 18.5 Å². The highest BCUT2D eigenvalue weighted by Gasteiger charge is 2.40. The summed E-state index contributed by atoms with van der Waals surface area (Å²) >= 11 is 1.53. The third kappa shape index (κ3) is 11.4. The fourth-order valence-electron chi connectivity index (χ4n) is 6.56. The summed E-state index contributed by atoms with van der Waals surface area (Å²) < 4.78 is 98.6. The Balaban J connectivity index is 1.66. The average Bonchev–Trinajstić information content (AvgIpc) is 3.49. The number of carboxylic acid groups (broad SMARTS) is 1. The van der Waals surface area contributed by atoms with Gasteiger partial charge in [0.2, 0.25) is 0 Å². The number of carboxylic acids is 1. The van der Waals surface area contributed by atoms with Crippen molar-refractivity contribution >= 4 is 59.3 Å². The molecule has 2 aromatic carbocycles. The number of unbranched alkanes of at least 4 members (excludes halogenated alkanes) is 3. The number of aliphatic carboxylic acids is 1. The lowest BCUT2D eigenvalue weighted by Crippen LogP contribution is -2.22. The van der Waals surface area contributed by atoms with Gasteiger partial charge in [-0.1, -0.05) is 80.5 Å². The zero-order valence-electron chi connectivity index (χ0n) is 28.1. The maximum absolute atomic E-state index is 12.2. The van der Waals surface area contributed by atoms with Crippen molar-refractivity contribution in [1.82, 2.24) is 0 Å². The van der Waals surface area contributed by atoms with Crippen LogP contribution in [0, 0.1) is 0 Å². The molecule has 0 amide bonds. The molecule has 0 fully saturated rings. The van der Waals surface area contributed by atoms with E-state index in [9.17, 15) is 43.7 Å². The van der Waals surface area contributed by atoms with Crippen LogP contribution >= 0.6 is 11.8 Å². The second-order valence-electron chi connectivity index (χ2n) is 12.7. The first-order valence-electron chi connectivity index (χ1n) is 16.5. The van der Waals surface area contributed by atoms with Crippen LogP contribution < -0.4 is 4.90 Å². The summed E-state index contributed by atoms with van der Waals surface area (Å²) in [6.07, 6.45) is 13.1. The van der Waals surface area contributed by atoms with E-state index in [0.29, 0.717) is 37.8 Å². The summed E-state index contributed by atoms with van der Waals surface area (Å²) in [6.45, 7) is 2.34. The van der Waals surface area contributed by atoms with Crippen LogP contribution in [0.25, 0.3) is 5.57 Å². The van der Waals surface area contributed by atoms with Gasteiger partial charge in [-0.15, -0.1) is 0 Å². The third-order valence-electron chi connectivity index (χ3n) is 8.92. The molecule has 1 heterocycles. The highest BCUT2D eigenvalue weighted by molar-refractivity contribution is 8.03. The van der Waals surface area contributed by atoms with Crippen LogP contribution in [0.5, 0.6) is 0 Å². The molecule has 2 aromatic rings. The Bertz CT molecular complexity index is 2070. The molecule has 1 aliphatic heterocycles. The van der Waals surface area contributed by atoms with Crippen LogP contribution in [0.3, 0.4) is 0 Å². The van der Waals surface area contributed by atoms with E-state index in [1.807, 2.05) is 66.5 Å². The van der Waals surface area contributed by atoms with E-state index < -0.39 is 47.5 Å². The number of benzene rings is 2. The largest absolute Gasteiger partial charge is 0.481 e. The zero-order valence-corrected chi connectivity index (χ0v) is 31.4. The number of para-hydroxylation sites is 1. The molecular formula is C35H43NO11S4. The molecule has 1 atom stereocenters. The summed E-state index contributed by atoms with van der Waals surface area (Å²) in [4.78, 5) is 13.7. The number of rotatable bonds is 19. The summed E-state index contributed by atoms with van der Waals surface area (Å²) in [6, 6.07) is 12.1. The molecule has 0 spiro atoms. The average molecular weight is 782 g/mol. The number of hydrogen-bond donors (Lipinski definition) is 4. The summed E-state index contributed by atoms with van der Waals surface area (Å²) in [7, 11) is -12.9. The molecule has 0 saturated heterocycles. The fraction of sp³-hybridized carbons (Fsp3) is 0.400. The smallest absolute Gasteiger partial charge is 0.303 e. The van der Waals surface area contributed by atoms with Gasteiger partial charge < -0.3 is 10.0 Å². The SMILES string of the molecule is CC1(CCCCCCC(=O)O)C(/C=C/C=C/C=C2/Sc3ccccc3N2CCCS(=O)(=O)O)=C(CCCS(=O)(=O)O)c2ccc(S(=O)(=O)O)cc21. The second-order valence-corrected chi connectivity index (χ2v) is 18.3. The van der Waals surface area contributed by atoms with Crippen molar-refractivity contribution in [1.29, 1.82) is 0 Å². The fourth-order valence-corrected chi connectivity index (χ4v) is 9.17. The number of thioether (sulfide) groups is 1. The molecule has 16 heteroatoms. The quantitative estimate of drug-likeness (QED) is 0.0652. The molecule has 0 aromatic heterocycles. The molecule has 0 saturated carbocycles. The van der Waals surface area contributed by atoms with Crippen molar-refractivity contribution in [3.63, 3.8) is 0 Å². The Hall–Kier alpha value is -3.25. The Morgan fingerprint density at radius 3 is 2.22 bits per heavy atom. The predicted molar refractivity (Wildman–Crippen MR) is 199 cm³/mol. The van der Waals surface area contributed by atoms with Gasteiger partial charge in [0, 0.05) is 23.3 Å². The molecule has 2 aliphatic rings. The van der Waals surface area contributed by atoms with Crippen molar-refractivity contribution in [2.24, 2.45) is 0 Å². The van der Waals surface area contributed by atoms with Crippen LogP contribution in [-0.4, -0.2) is 68.0 Å². The monoisotopic (exact) mass is 781 g/mol. The number of hydrogen-bond acceptors (Lipinski definition) is 9. The lowest BCUT2D eigenvalue weighted by Gasteiger charge is -2.29. The number of anilines is 1. The lowest BCUT2D eigenvalue weighted by atomic mass is 9.74. The lowest BCUT2D eigenvalue weighted by molar-refractivity contribution is -0.137. The Morgan fingerprint density at radius 2 is 1.53 bits per heavy atom. The minimum Gasteiger partial charge on any atom is -0.481 e. The van der Waals surface area contributed by atoms with E-state index in [1.165, 1.54) is 23.9 Å². The summed E-state index contributed by atoms with van der Waals surface area (Å²) in [5, 5.41) is 9.85. The first-order chi connectivity index (χ1) is 23.9. The Kier molecular flexibility index (Phi) is 13.5. The van der Waals surface area contributed by atoms with Crippen LogP contribution in [0.2, 0.25) is 0 Å². The molecule has 1 aliphatic carbocycles. The molecule has 278 valence electrons. The number of nitrogens with zero attached hydrogens (tertiary/aromatic N) is 1. The molecule has 4 rings (SSSR count). The normalized spacial score (nSPS) is 18.7. The maximum Gasteiger partial charge on any atom is 0.303 e. The van der Waals surface area contributed by atoms with Crippen molar-refractivity contribution < 1.29 is 48.8 Å². The standard InChI is InChI=1S/C35H43NO11S4/c1-35(21-10-3-2-7-18-34(37)38)29(27(13-11-23-49(39,40)41)28-20-19-26(25-30(28)35)51(45,46)47)14-5-4-6-17-33-36(22-12-24-50(42,43)44)31-15-8-9-16-32(31)48-33/h4-6,8-9,14-17,19-20,25H,2-3,7,10-13,18,21-24H2,1H3,(H,37,38)(H,39,40,41)(H,42,43,44)(H,45,46,47)/b6-4+,14-5+,33-17+. The van der Waals surface area contributed by atoms with Gasteiger partial charge in [-0.2, -0.15) is 25.3 Å². The molecule has 1 unspecified atom stereocenters.